The van der Waals surface area contributed by atoms with E-state index in [0.717, 1.165) is 62.5 Å². The lowest BCUT2D eigenvalue weighted by Gasteiger charge is -2.56. The van der Waals surface area contributed by atoms with Crippen molar-refractivity contribution in [2.45, 2.75) is 94.3 Å². The second kappa shape index (κ2) is 17.0. The summed E-state index contributed by atoms with van der Waals surface area (Å²) in [5.74, 6) is -0.0888. The quantitative estimate of drug-likeness (QED) is 0.0852. The molecule has 7 heterocycles. The summed E-state index contributed by atoms with van der Waals surface area (Å²) >= 11 is 0. The van der Waals surface area contributed by atoms with Gasteiger partial charge in [0, 0.05) is 61.7 Å². The molecule has 1 saturated carbocycles. The van der Waals surface area contributed by atoms with Crippen LogP contribution in [0.15, 0.2) is 78.1 Å². The lowest BCUT2D eigenvalue weighted by atomic mass is 9.59. The van der Waals surface area contributed by atoms with Crippen molar-refractivity contribution in [3.05, 3.63) is 99.9 Å². The summed E-state index contributed by atoms with van der Waals surface area (Å²) < 4.78 is 47.4. The van der Waals surface area contributed by atoms with E-state index in [0.29, 0.717) is 48.0 Å². The molecule has 1 amide bonds. The van der Waals surface area contributed by atoms with Gasteiger partial charge in [0.1, 0.15) is 23.8 Å². The second-order valence-electron chi connectivity index (χ2n) is 18.5. The Morgan fingerprint density at radius 1 is 1.03 bits per heavy atom. The van der Waals surface area contributed by atoms with Gasteiger partial charge in [-0.1, -0.05) is 38.1 Å². The van der Waals surface area contributed by atoms with E-state index in [1.807, 2.05) is 6.07 Å². The van der Waals surface area contributed by atoms with E-state index in [-0.39, 0.29) is 41.4 Å². The highest BCUT2D eigenvalue weighted by atomic mass is 32.2. The lowest BCUT2D eigenvalue weighted by molar-refractivity contribution is -0.384. The molecule has 4 aliphatic heterocycles. The number of H-pyrrole nitrogens is 1. The number of rotatable bonds is 11. The minimum atomic E-state index is -4.74. The summed E-state index contributed by atoms with van der Waals surface area (Å²) in [5, 5.41) is 15.5. The number of carbonyl (C=O) groups excluding carboxylic acids is 1. The minimum Gasteiger partial charge on any atom is -0.474 e. The normalized spacial score (nSPS) is 21.6. The molecule has 0 unspecified atom stereocenters. The average Bonchev–Trinajstić information content (AvgIpc) is 3.98. The fourth-order valence-electron chi connectivity index (χ4n) is 10.8. The van der Waals surface area contributed by atoms with Gasteiger partial charge < -0.3 is 29.4 Å². The molecule has 336 valence electrons. The zero-order chi connectivity index (χ0) is 44.2. The van der Waals surface area contributed by atoms with Crippen LogP contribution in [0.25, 0.3) is 11.0 Å². The monoisotopic (exact) mass is 890 g/mol. The molecule has 17 heteroatoms. The molecule has 5 aliphatic rings. The van der Waals surface area contributed by atoms with Crippen LogP contribution in [0.5, 0.6) is 17.4 Å². The largest absolute Gasteiger partial charge is 0.474 e. The summed E-state index contributed by atoms with van der Waals surface area (Å²) in [5.41, 5.74) is 4.18. The summed E-state index contributed by atoms with van der Waals surface area (Å²) in [6.45, 7) is 8.68. The van der Waals surface area contributed by atoms with Crippen LogP contribution in [0, 0.1) is 21.4 Å². The number of aromatic nitrogens is 3. The molecule has 5 aromatic rings. The lowest BCUT2D eigenvalue weighted by Crippen LogP contribution is -2.54. The Balaban J connectivity index is 0.861. The van der Waals surface area contributed by atoms with E-state index in [1.54, 1.807) is 30.5 Å². The number of amides is 1. The van der Waals surface area contributed by atoms with E-state index >= 15 is 0 Å². The van der Waals surface area contributed by atoms with E-state index < -0.39 is 31.6 Å². The first-order valence-electron chi connectivity index (χ1n) is 22.5. The number of nitrogens with one attached hydrogen (secondary N) is 3. The Hall–Kier alpha value is -5.78. The number of piperidine rings is 1. The average molecular weight is 891 g/mol. The van der Waals surface area contributed by atoms with Gasteiger partial charge in [0.15, 0.2) is 10.7 Å². The summed E-state index contributed by atoms with van der Waals surface area (Å²) in [6.07, 6.45) is 11.7. The van der Waals surface area contributed by atoms with Gasteiger partial charge in [0.05, 0.1) is 28.8 Å². The molecule has 2 aromatic carbocycles. The second-order valence-corrected chi connectivity index (χ2v) is 20.1. The van der Waals surface area contributed by atoms with Gasteiger partial charge in [-0.2, -0.15) is 13.4 Å². The van der Waals surface area contributed by atoms with Crippen LogP contribution in [0.3, 0.4) is 0 Å². The Morgan fingerprint density at radius 3 is 2.61 bits per heavy atom. The molecule has 64 heavy (non-hydrogen) atoms. The number of carbonyl (C=O) groups is 1. The molecule has 2 atom stereocenters. The van der Waals surface area contributed by atoms with E-state index in [9.17, 15) is 23.3 Å². The third-order valence-corrected chi connectivity index (χ3v) is 15.5. The Labute approximate surface area is 372 Å². The molecule has 3 N–H and O–H groups in total. The number of sulfonamides is 1. The van der Waals surface area contributed by atoms with Crippen LogP contribution >= 0.6 is 0 Å². The first-order valence-corrected chi connectivity index (χ1v) is 24.0. The van der Waals surface area contributed by atoms with Crippen LogP contribution in [0.4, 0.5) is 17.1 Å². The number of fused-ring (bicyclic) bond motifs is 2. The van der Waals surface area contributed by atoms with Crippen molar-refractivity contribution in [2.24, 2.45) is 11.3 Å². The van der Waals surface area contributed by atoms with Crippen LogP contribution in [0.1, 0.15) is 98.7 Å². The number of hydrogen-bond donors (Lipinski definition) is 3. The summed E-state index contributed by atoms with van der Waals surface area (Å²) in [6, 6.07) is 19.4. The number of likely N-dealkylation sites (tertiary alicyclic amines) is 1. The van der Waals surface area contributed by atoms with E-state index in [2.05, 4.69) is 72.9 Å². The fraction of sp³-hybridized carbons (Fsp3) is 0.468. The third-order valence-electron chi connectivity index (χ3n) is 14.3. The van der Waals surface area contributed by atoms with Gasteiger partial charge >= 0.3 is 5.69 Å². The number of ether oxygens (including phenoxy) is 3. The van der Waals surface area contributed by atoms with E-state index in [1.165, 1.54) is 43.0 Å². The number of hydrogen-bond acceptors (Lipinski definition) is 13. The fourth-order valence-corrected chi connectivity index (χ4v) is 11.7. The molecule has 1 aliphatic carbocycles. The summed E-state index contributed by atoms with van der Waals surface area (Å²) in [7, 11) is -4.74. The zero-order valence-electron chi connectivity index (χ0n) is 36.1. The number of benzene rings is 2. The first kappa shape index (κ1) is 42.2. The smallest absolute Gasteiger partial charge is 0.300 e. The molecule has 3 saturated heterocycles. The predicted octanol–water partition coefficient (Wildman–Crippen LogP) is 8.09. The van der Waals surface area contributed by atoms with Gasteiger partial charge in [-0.3, -0.25) is 19.8 Å². The van der Waals surface area contributed by atoms with Crippen molar-refractivity contribution in [1.29, 1.82) is 0 Å². The van der Waals surface area contributed by atoms with Gasteiger partial charge in [-0.05, 0) is 111 Å². The minimum absolute atomic E-state index is 0.00143. The molecular formula is C47H54N8O8S. The topological polar surface area (TPSA) is 194 Å². The maximum atomic E-state index is 14.0. The van der Waals surface area contributed by atoms with Crippen molar-refractivity contribution in [2.75, 3.05) is 49.7 Å². The molecule has 0 bridgehead atoms. The molecule has 1 spiro atoms. The third kappa shape index (κ3) is 8.13. The van der Waals surface area contributed by atoms with Gasteiger partial charge in [-0.25, -0.2) is 9.71 Å². The molecule has 16 nitrogen and oxygen atoms in total. The van der Waals surface area contributed by atoms with Crippen LogP contribution in [0.2, 0.25) is 0 Å². The highest BCUT2D eigenvalue weighted by molar-refractivity contribution is 7.90. The van der Waals surface area contributed by atoms with Crippen molar-refractivity contribution in [1.82, 2.24) is 24.6 Å². The Bertz CT molecular complexity index is 2690. The maximum absolute atomic E-state index is 14.0. The van der Waals surface area contributed by atoms with Gasteiger partial charge in [0.25, 0.3) is 15.9 Å². The van der Waals surface area contributed by atoms with Crippen LogP contribution < -0.4 is 24.4 Å². The van der Waals surface area contributed by atoms with Crippen LogP contribution in [-0.2, 0) is 14.8 Å². The standard InChI is InChI=1S/C47H54N8O8S/c1-29(2)35-6-3-4-7-36(35)39-8-5-17-54(39)33-25-47(26-33)14-18-53(19-15-47)32-9-10-37(41(23-32)63-34-22-31-11-16-48-44(31)49-27-34)45(56)52-64(59,60)42-24-40(55(57)58)43-46(51-42)62-28-38(50-43)30-12-20-61-21-13-30/h3-4,6-7,9-11,16,22-24,27,29-30,33,38-39,50H,5,8,12-15,17-21,25-26,28H2,1-2H3,(H,48,49)(H,52,56)/t38-,39+/m1/s1. The highest BCUT2D eigenvalue weighted by Crippen LogP contribution is 2.54. The number of pyridine rings is 2. The van der Waals surface area contributed by atoms with E-state index in [4.69, 9.17) is 14.2 Å². The molecule has 0 radical (unpaired) electrons. The number of nitrogens with zero attached hydrogens (tertiary/aromatic N) is 5. The Kier molecular flexibility index (Phi) is 11.2. The van der Waals surface area contributed by atoms with Gasteiger partial charge in [-0.15, -0.1) is 0 Å². The van der Waals surface area contributed by atoms with Crippen LogP contribution in [-0.4, -0.2) is 90.6 Å². The highest BCUT2D eigenvalue weighted by Gasteiger charge is 2.50. The summed E-state index contributed by atoms with van der Waals surface area (Å²) in [4.78, 5) is 42.4. The van der Waals surface area contributed by atoms with Gasteiger partial charge in [0.2, 0.25) is 5.88 Å². The molecule has 10 rings (SSSR count). The van der Waals surface area contributed by atoms with Crippen molar-refractivity contribution >= 4 is 44.0 Å². The molecule has 4 fully saturated rings. The number of aromatic amines is 1. The van der Waals surface area contributed by atoms with Crippen molar-refractivity contribution in [3.8, 4) is 17.4 Å². The Morgan fingerprint density at radius 2 is 1.83 bits per heavy atom. The number of nitro groups is 1. The zero-order valence-corrected chi connectivity index (χ0v) is 36.9. The van der Waals surface area contributed by atoms with Crippen molar-refractivity contribution < 1.29 is 32.3 Å². The SMILES string of the molecule is CC(C)c1ccccc1[C@@H]1CCCN1C1CC2(CCN(c3ccc(C(=O)NS(=O)(=O)c4cc([N+](=O)[O-])c5c(n4)OC[C@H](C4CCOCC4)N5)c(Oc4cnc5[nH]ccc5c4)c3)CC2)C1. The maximum Gasteiger partial charge on any atom is 0.300 e. The predicted molar refractivity (Wildman–Crippen MR) is 241 cm³/mol. The van der Waals surface area contributed by atoms with Crippen molar-refractivity contribution in [3.63, 3.8) is 0 Å². The number of anilines is 2. The molecule has 3 aromatic heterocycles. The molecular weight excluding hydrogens is 837 g/mol. The first-order chi connectivity index (χ1) is 30.9.